The lowest BCUT2D eigenvalue weighted by Crippen LogP contribution is -2.46. The zero-order valence-corrected chi connectivity index (χ0v) is 13.7. The quantitative estimate of drug-likeness (QED) is 0.880. The van der Waals surface area contributed by atoms with Crippen molar-refractivity contribution in [1.29, 1.82) is 0 Å². The highest BCUT2D eigenvalue weighted by Crippen LogP contribution is 2.30. The molecule has 2 aromatic rings. The first kappa shape index (κ1) is 15.3. The SMILES string of the molecule is O=C1N[C@H](C(=O)N2CC=C(c3c[nH]c4cc(F)ccc34)CC2)CS1. The Morgan fingerprint density at radius 3 is 2.96 bits per heavy atom. The van der Waals surface area contributed by atoms with E-state index >= 15 is 0 Å². The van der Waals surface area contributed by atoms with E-state index in [0.717, 1.165) is 40.2 Å². The molecule has 0 spiro atoms. The van der Waals surface area contributed by atoms with E-state index in [0.29, 0.717) is 18.8 Å². The third-order valence-corrected chi connectivity index (χ3v) is 5.36. The molecule has 24 heavy (non-hydrogen) atoms. The van der Waals surface area contributed by atoms with Gasteiger partial charge in [0.25, 0.3) is 5.24 Å². The Morgan fingerprint density at radius 1 is 1.38 bits per heavy atom. The lowest BCUT2D eigenvalue weighted by atomic mass is 9.98. The van der Waals surface area contributed by atoms with Crippen LogP contribution in [0.15, 0.2) is 30.5 Å². The second kappa shape index (κ2) is 5.98. The summed E-state index contributed by atoms with van der Waals surface area (Å²) in [6, 6.07) is 4.31. The van der Waals surface area contributed by atoms with Gasteiger partial charge in [0.05, 0.1) is 0 Å². The van der Waals surface area contributed by atoms with Gasteiger partial charge in [-0.3, -0.25) is 9.59 Å². The molecule has 1 fully saturated rings. The van der Waals surface area contributed by atoms with Crippen LogP contribution in [-0.4, -0.2) is 45.9 Å². The molecule has 2 N–H and O–H groups in total. The van der Waals surface area contributed by atoms with Crippen molar-refractivity contribution in [2.75, 3.05) is 18.8 Å². The average Bonchev–Trinajstić information content (AvgIpc) is 3.20. The van der Waals surface area contributed by atoms with Crippen LogP contribution in [0, 0.1) is 5.82 Å². The van der Waals surface area contributed by atoms with Crippen molar-refractivity contribution in [3.63, 3.8) is 0 Å². The van der Waals surface area contributed by atoms with Crippen LogP contribution >= 0.6 is 11.8 Å². The molecule has 3 heterocycles. The number of benzene rings is 1. The van der Waals surface area contributed by atoms with Crippen molar-refractivity contribution in [2.24, 2.45) is 0 Å². The molecule has 0 saturated carbocycles. The lowest BCUT2D eigenvalue weighted by Gasteiger charge is -2.28. The number of halogens is 1. The predicted octanol–water partition coefficient (Wildman–Crippen LogP) is 2.75. The van der Waals surface area contributed by atoms with Crippen LogP contribution in [0.1, 0.15) is 12.0 Å². The van der Waals surface area contributed by atoms with Gasteiger partial charge in [-0.05, 0) is 30.2 Å². The Balaban J connectivity index is 1.51. The zero-order chi connectivity index (χ0) is 16.7. The highest BCUT2D eigenvalue weighted by atomic mass is 32.2. The van der Waals surface area contributed by atoms with Crippen molar-refractivity contribution in [2.45, 2.75) is 12.5 Å². The number of nitrogens with zero attached hydrogens (tertiary/aromatic N) is 1. The molecular weight excluding hydrogens is 329 g/mol. The second-order valence-corrected chi connectivity index (χ2v) is 6.94. The molecule has 0 radical (unpaired) electrons. The van der Waals surface area contributed by atoms with Crippen LogP contribution in [-0.2, 0) is 4.79 Å². The van der Waals surface area contributed by atoms with Crippen LogP contribution in [0.5, 0.6) is 0 Å². The van der Waals surface area contributed by atoms with E-state index in [1.54, 1.807) is 11.0 Å². The molecule has 2 aliphatic rings. The van der Waals surface area contributed by atoms with E-state index in [9.17, 15) is 14.0 Å². The summed E-state index contributed by atoms with van der Waals surface area (Å²) < 4.78 is 13.3. The van der Waals surface area contributed by atoms with Gasteiger partial charge in [-0.15, -0.1) is 0 Å². The van der Waals surface area contributed by atoms with Gasteiger partial charge < -0.3 is 15.2 Å². The molecule has 1 atom stereocenters. The molecule has 0 bridgehead atoms. The van der Waals surface area contributed by atoms with Crippen LogP contribution in [0.3, 0.4) is 0 Å². The third kappa shape index (κ3) is 2.69. The zero-order valence-electron chi connectivity index (χ0n) is 12.8. The van der Waals surface area contributed by atoms with Crippen LogP contribution in [0.25, 0.3) is 16.5 Å². The molecule has 7 heteroatoms. The van der Waals surface area contributed by atoms with Crippen molar-refractivity contribution in [3.8, 4) is 0 Å². The molecule has 124 valence electrons. The fourth-order valence-electron chi connectivity index (χ4n) is 3.22. The number of hydrogen-bond acceptors (Lipinski definition) is 3. The molecule has 2 amide bonds. The molecule has 1 aromatic heterocycles. The fourth-order valence-corrected chi connectivity index (χ4v) is 3.99. The number of rotatable bonds is 2. The minimum absolute atomic E-state index is 0.0235. The minimum atomic E-state index is -0.409. The molecule has 0 unspecified atom stereocenters. The molecule has 0 aliphatic carbocycles. The largest absolute Gasteiger partial charge is 0.360 e. The molecule has 4 rings (SSSR count). The maximum atomic E-state index is 13.3. The molecule has 2 aliphatic heterocycles. The number of carbonyl (C=O) groups is 2. The van der Waals surface area contributed by atoms with E-state index < -0.39 is 6.04 Å². The summed E-state index contributed by atoms with van der Waals surface area (Å²) >= 11 is 1.15. The van der Waals surface area contributed by atoms with E-state index in [2.05, 4.69) is 10.3 Å². The average molecular weight is 345 g/mol. The first-order valence-corrected chi connectivity index (χ1v) is 8.78. The molecular formula is C17H16FN3O2S. The van der Waals surface area contributed by atoms with Gasteiger partial charge in [0, 0.05) is 41.5 Å². The molecule has 5 nitrogen and oxygen atoms in total. The van der Waals surface area contributed by atoms with Crippen molar-refractivity contribution >= 4 is 39.4 Å². The van der Waals surface area contributed by atoms with E-state index in [1.165, 1.54) is 12.1 Å². The van der Waals surface area contributed by atoms with Gasteiger partial charge in [0.2, 0.25) is 5.91 Å². The number of aromatic amines is 1. The molecule has 1 aromatic carbocycles. The normalized spacial score (nSPS) is 21.0. The summed E-state index contributed by atoms with van der Waals surface area (Å²) in [4.78, 5) is 28.5. The van der Waals surface area contributed by atoms with Gasteiger partial charge >= 0.3 is 0 Å². The second-order valence-electron chi connectivity index (χ2n) is 5.95. The molecule has 1 saturated heterocycles. The maximum Gasteiger partial charge on any atom is 0.279 e. The smallest absolute Gasteiger partial charge is 0.279 e. The Hall–Kier alpha value is -2.28. The fraction of sp³-hybridized carbons (Fsp3) is 0.294. The summed E-state index contributed by atoms with van der Waals surface area (Å²) in [6.45, 7) is 1.15. The number of amides is 2. The maximum absolute atomic E-state index is 13.3. The third-order valence-electron chi connectivity index (χ3n) is 4.48. The van der Waals surface area contributed by atoms with Gasteiger partial charge in [-0.2, -0.15) is 0 Å². The van der Waals surface area contributed by atoms with Crippen LogP contribution in [0.4, 0.5) is 9.18 Å². The number of fused-ring (bicyclic) bond motifs is 1. The Morgan fingerprint density at radius 2 is 2.25 bits per heavy atom. The number of nitrogens with one attached hydrogen (secondary N) is 2. The van der Waals surface area contributed by atoms with E-state index in [1.807, 2.05) is 12.3 Å². The van der Waals surface area contributed by atoms with Gasteiger partial charge in [-0.1, -0.05) is 17.8 Å². The summed E-state index contributed by atoms with van der Waals surface area (Å²) in [5, 5.41) is 3.55. The van der Waals surface area contributed by atoms with Gasteiger partial charge in [0.1, 0.15) is 11.9 Å². The summed E-state index contributed by atoms with van der Waals surface area (Å²) in [5.41, 5.74) is 2.98. The van der Waals surface area contributed by atoms with Crippen molar-refractivity contribution in [1.82, 2.24) is 15.2 Å². The number of carbonyl (C=O) groups excluding carboxylic acids is 2. The van der Waals surface area contributed by atoms with Crippen molar-refractivity contribution < 1.29 is 14.0 Å². The number of hydrogen-bond donors (Lipinski definition) is 2. The highest BCUT2D eigenvalue weighted by Gasteiger charge is 2.32. The first-order chi connectivity index (χ1) is 11.6. The number of thioether (sulfide) groups is 1. The first-order valence-electron chi connectivity index (χ1n) is 7.80. The monoisotopic (exact) mass is 345 g/mol. The minimum Gasteiger partial charge on any atom is -0.360 e. The van der Waals surface area contributed by atoms with Gasteiger partial charge in [-0.25, -0.2) is 4.39 Å². The van der Waals surface area contributed by atoms with Crippen LogP contribution < -0.4 is 5.32 Å². The van der Waals surface area contributed by atoms with Crippen molar-refractivity contribution in [3.05, 3.63) is 41.9 Å². The summed E-state index contributed by atoms with van der Waals surface area (Å²) in [6.07, 6.45) is 4.67. The standard InChI is InChI=1S/C17H16FN3O2S/c18-11-1-2-12-13(8-19-14(12)7-11)10-3-5-21(6-4-10)16(22)15-9-24-17(23)20-15/h1-3,7-8,15,19H,4-6,9H2,(H,20,23)/t15-/m0/s1. The van der Waals surface area contributed by atoms with E-state index in [4.69, 9.17) is 0 Å². The highest BCUT2D eigenvalue weighted by molar-refractivity contribution is 8.14. The number of H-pyrrole nitrogens is 1. The van der Waals surface area contributed by atoms with Gasteiger partial charge in [0.15, 0.2) is 0 Å². The predicted molar refractivity (Wildman–Crippen MR) is 92.2 cm³/mol. The van der Waals surface area contributed by atoms with Crippen LogP contribution in [0.2, 0.25) is 0 Å². The Bertz CT molecular complexity index is 861. The Kier molecular flexibility index (Phi) is 3.80. The lowest BCUT2D eigenvalue weighted by molar-refractivity contribution is -0.132. The summed E-state index contributed by atoms with van der Waals surface area (Å²) in [5.74, 6) is 0.213. The van der Waals surface area contributed by atoms with E-state index in [-0.39, 0.29) is 17.0 Å². The Labute approximate surface area is 142 Å². The topological polar surface area (TPSA) is 65.2 Å². The summed E-state index contributed by atoms with van der Waals surface area (Å²) in [7, 11) is 0. The number of aromatic nitrogens is 1.